The normalized spacial score (nSPS) is 11.8. The molecule has 0 radical (unpaired) electrons. The average molecular weight is 310 g/mol. The van der Waals surface area contributed by atoms with Crippen molar-refractivity contribution in [3.63, 3.8) is 0 Å². The fraction of sp³-hybridized carbons (Fsp3) is 0.176. The average Bonchev–Trinajstić information content (AvgIpc) is 3.07. The molecule has 2 nitrogen and oxygen atoms in total. The Labute approximate surface area is 132 Å². The first-order valence-corrected chi connectivity index (χ1v) is 8.41. The molecular formula is C17H14N2S2. The van der Waals surface area contributed by atoms with Crippen LogP contribution in [0.1, 0.15) is 27.2 Å². The summed E-state index contributed by atoms with van der Waals surface area (Å²) in [6.45, 7) is 4.28. The predicted molar refractivity (Wildman–Crippen MR) is 91.5 cm³/mol. The molecule has 0 unspecified atom stereocenters. The van der Waals surface area contributed by atoms with Gasteiger partial charge < -0.3 is 0 Å². The summed E-state index contributed by atoms with van der Waals surface area (Å²) >= 11 is 3.30. The monoisotopic (exact) mass is 310 g/mol. The molecule has 4 heteroatoms. The Bertz CT molecular complexity index is 829. The van der Waals surface area contributed by atoms with Crippen LogP contribution >= 0.6 is 22.7 Å². The fourth-order valence-electron chi connectivity index (χ4n) is 2.24. The van der Waals surface area contributed by atoms with Gasteiger partial charge in [-0.3, -0.25) is 0 Å². The van der Waals surface area contributed by atoms with E-state index in [1.807, 2.05) is 30.3 Å². The van der Waals surface area contributed by atoms with E-state index >= 15 is 0 Å². The second-order valence-corrected chi connectivity index (χ2v) is 7.06. The molecule has 2 heterocycles. The van der Waals surface area contributed by atoms with E-state index in [1.54, 1.807) is 22.7 Å². The predicted octanol–water partition coefficient (Wildman–Crippen LogP) is 5.29. The molecule has 2 aromatic heterocycles. The van der Waals surface area contributed by atoms with Crippen LogP contribution in [-0.2, 0) is 6.42 Å². The van der Waals surface area contributed by atoms with Crippen LogP contribution in [0.5, 0.6) is 0 Å². The summed E-state index contributed by atoms with van der Waals surface area (Å²) in [5.41, 5.74) is 2.95. The number of allylic oxidation sites excluding steroid dienone is 1. The van der Waals surface area contributed by atoms with E-state index < -0.39 is 0 Å². The van der Waals surface area contributed by atoms with E-state index in [0.717, 1.165) is 26.5 Å². The largest absolute Gasteiger partial charge is 0.235 e. The summed E-state index contributed by atoms with van der Waals surface area (Å²) in [5, 5.41) is 10.2. The fourth-order valence-corrected chi connectivity index (χ4v) is 4.24. The maximum atomic E-state index is 9.45. The van der Waals surface area contributed by atoms with E-state index in [9.17, 15) is 5.26 Å². The maximum absolute atomic E-state index is 9.45. The minimum absolute atomic E-state index is 0.639. The highest BCUT2D eigenvalue weighted by Crippen LogP contribution is 2.30. The van der Waals surface area contributed by atoms with Crippen molar-refractivity contribution in [3.05, 3.63) is 50.7 Å². The quantitative estimate of drug-likeness (QED) is 0.616. The van der Waals surface area contributed by atoms with Gasteiger partial charge in [0.25, 0.3) is 0 Å². The zero-order valence-electron chi connectivity index (χ0n) is 11.9. The molecule has 0 atom stereocenters. The molecule has 0 aliphatic heterocycles. The van der Waals surface area contributed by atoms with Gasteiger partial charge in [-0.1, -0.05) is 19.1 Å². The first kappa shape index (κ1) is 14.0. The molecule has 3 rings (SSSR count). The maximum Gasteiger partial charge on any atom is 0.135 e. The van der Waals surface area contributed by atoms with Crippen molar-refractivity contribution in [2.75, 3.05) is 0 Å². The van der Waals surface area contributed by atoms with Crippen LogP contribution in [0.15, 0.2) is 30.3 Å². The molecular weight excluding hydrogens is 296 g/mol. The number of para-hydroxylation sites is 1. The van der Waals surface area contributed by atoms with E-state index in [0.29, 0.717) is 5.57 Å². The van der Waals surface area contributed by atoms with Crippen LogP contribution in [0.25, 0.3) is 21.9 Å². The van der Waals surface area contributed by atoms with Gasteiger partial charge in [0.05, 0.1) is 15.8 Å². The Morgan fingerprint density at radius 1 is 1.33 bits per heavy atom. The molecule has 1 aromatic carbocycles. The highest BCUT2D eigenvalue weighted by molar-refractivity contribution is 7.19. The highest BCUT2D eigenvalue weighted by atomic mass is 32.1. The number of hydrogen-bond acceptors (Lipinski definition) is 4. The lowest BCUT2D eigenvalue weighted by Crippen LogP contribution is -1.78. The Morgan fingerprint density at radius 2 is 2.14 bits per heavy atom. The number of benzene rings is 1. The van der Waals surface area contributed by atoms with Gasteiger partial charge in [0.1, 0.15) is 11.1 Å². The number of hydrogen-bond donors (Lipinski definition) is 0. The minimum Gasteiger partial charge on any atom is -0.235 e. The van der Waals surface area contributed by atoms with Crippen molar-refractivity contribution in [1.82, 2.24) is 4.98 Å². The first-order chi connectivity index (χ1) is 10.2. The number of thiophene rings is 1. The molecule has 0 saturated heterocycles. The Hall–Kier alpha value is -1.96. The highest BCUT2D eigenvalue weighted by Gasteiger charge is 2.10. The molecule has 3 aromatic rings. The van der Waals surface area contributed by atoms with Gasteiger partial charge in [0.15, 0.2) is 0 Å². The molecule has 0 N–H and O–H groups in total. The zero-order chi connectivity index (χ0) is 14.8. The lowest BCUT2D eigenvalue weighted by atomic mass is 10.2. The van der Waals surface area contributed by atoms with Gasteiger partial charge in [0, 0.05) is 9.75 Å². The van der Waals surface area contributed by atoms with Gasteiger partial charge in [0.2, 0.25) is 0 Å². The number of fused-ring (bicyclic) bond motifs is 1. The van der Waals surface area contributed by atoms with Crippen molar-refractivity contribution in [1.29, 1.82) is 5.26 Å². The van der Waals surface area contributed by atoms with Crippen LogP contribution < -0.4 is 0 Å². The second-order valence-electron chi connectivity index (χ2n) is 4.74. The summed E-state index contributed by atoms with van der Waals surface area (Å²) in [5.74, 6) is 0. The Morgan fingerprint density at radius 3 is 2.81 bits per heavy atom. The standard InChI is InChI=1S/C17H14N2S2/c1-3-12-8-14(20-11(12)2)9-13(10-18)17-19-15-6-4-5-7-16(15)21-17/h4-9H,3H2,1-2H3. The van der Waals surface area contributed by atoms with Crippen molar-refractivity contribution in [2.24, 2.45) is 0 Å². The third-order valence-electron chi connectivity index (χ3n) is 3.35. The first-order valence-electron chi connectivity index (χ1n) is 6.78. The number of aryl methyl sites for hydroxylation is 2. The number of nitrogens with zero attached hydrogens (tertiary/aromatic N) is 2. The zero-order valence-corrected chi connectivity index (χ0v) is 13.5. The minimum atomic E-state index is 0.639. The smallest absolute Gasteiger partial charge is 0.135 e. The van der Waals surface area contributed by atoms with Gasteiger partial charge in [-0.2, -0.15) is 5.26 Å². The van der Waals surface area contributed by atoms with E-state index in [4.69, 9.17) is 0 Å². The molecule has 0 aliphatic carbocycles. The van der Waals surface area contributed by atoms with E-state index in [2.05, 4.69) is 31.0 Å². The molecule has 0 amide bonds. The van der Waals surface area contributed by atoms with Gasteiger partial charge in [-0.15, -0.1) is 22.7 Å². The summed E-state index contributed by atoms with van der Waals surface area (Å²) in [4.78, 5) is 7.01. The van der Waals surface area contributed by atoms with Crippen LogP contribution in [0.2, 0.25) is 0 Å². The van der Waals surface area contributed by atoms with Crippen LogP contribution in [0, 0.1) is 18.3 Å². The van der Waals surface area contributed by atoms with Crippen molar-refractivity contribution in [3.8, 4) is 6.07 Å². The molecule has 0 saturated carbocycles. The third kappa shape index (κ3) is 2.76. The van der Waals surface area contributed by atoms with Crippen molar-refractivity contribution in [2.45, 2.75) is 20.3 Å². The summed E-state index contributed by atoms with van der Waals surface area (Å²) in [7, 11) is 0. The molecule has 21 heavy (non-hydrogen) atoms. The number of aromatic nitrogens is 1. The van der Waals surface area contributed by atoms with E-state index in [1.165, 1.54) is 10.4 Å². The number of thiazole rings is 1. The van der Waals surface area contributed by atoms with Crippen LogP contribution in [-0.4, -0.2) is 4.98 Å². The van der Waals surface area contributed by atoms with Crippen LogP contribution in [0.4, 0.5) is 0 Å². The summed E-state index contributed by atoms with van der Waals surface area (Å²) in [6.07, 6.45) is 2.98. The van der Waals surface area contributed by atoms with Gasteiger partial charge >= 0.3 is 0 Å². The Balaban J connectivity index is 2.04. The number of nitriles is 1. The molecule has 0 spiro atoms. The van der Waals surface area contributed by atoms with Crippen molar-refractivity contribution < 1.29 is 0 Å². The SMILES string of the molecule is CCc1cc(C=C(C#N)c2nc3ccccc3s2)sc1C. The molecule has 0 fully saturated rings. The molecule has 0 aliphatic rings. The van der Waals surface area contributed by atoms with Gasteiger partial charge in [-0.05, 0) is 43.2 Å². The lowest BCUT2D eigenvalue weighted by Gasteiger charge is -1.90. The Kier molecular flexibility index (Phi) is 3.87. The van der Waals surface area contributed by atoms with Crippen molar-refractivity contribution >= 4 is 44.5 Å². The number of rotatable bonds is 3. The summed E-state index contributed by atoms with van der Waals surface area (Å²) < 4.78 is 1.12. The van der Waals surface area contributed by atoms with Gasteiger partial charge in [-0.25, -0.2) is 4.98 Å². The molecule has 104 valence electrons. The third-order valence-corrected chi connectivity index (χ3v) is 5.46. The van der Waals surface area contributed by atoms with Crippen LogP contribution in [0.3, 0.4) is 0 Å². The summed E-state index contributed by atoms with van der Waals surface area (Å²) in [6, 6.07) is 12.4. The second kappa shape index (κ2) is 5.80. The molecule has 0 bridgehead atoms. The lowest BCUT2D eigenvalue weighted by molar-refractivity contribution is 1.13. The van der Waals surface area contributed by atoms with E-state index in [-0.39, 0.29) is 0 Å². The topological polar surface area (TPSA) is 36.7 Å².